The lowest BCUT2D eigenvalue weighted by atomic mass is 10.1. The molecule has 2 unspecified atom stereocenters. The third-order valence-corrected chi connectivity index (χ3v) is 2.74. The molecule has 2 fully saturated rings. The van der Waals surface area contributed by atoms with Crippen LogP contribution in [0.25, 0.3) is 0 Å². The molecule has 0 spiro atoms. The second kappa shape index (κ2) is 2.33. The third-order valence-electron chi connectivity index (χ3n) is 2.74. The lowest BCUT2D eigenvalue weighted by Gasteiger charge is -1.92. The molecule has 1 saturated carbocycles. The summed E-state index contributed by atoms with van der Waals surface area (Å²) < 4.78 is 5.63. The van der Waals surface area contributed by atoms with E-state index in [4.69, 9.17) is 4.74 Å². The van der Waals surface area contributed by atoms with E-state index >= 15 is 0 Å². The molecule has 12 heavy (non-hydrogen) atoms. The Morgan fingerprint density at radius 1 is 1.08 bits per heavy atom. The van der Waals surface area contributed by atoms with Gasteiger partial charge in [0.2, 0.25) is 0 Å². The van der Waals surface area contributed by atoms with Crippen LogP contribution in [0, 0.1) is 5.92 Å². The maximum absolute atomic E-state index is 5.63. The fourth-order valence-electron chi connectivity index (χ4n) is 1.82. The number of benzene rings is 1. The molecule has 62 valence electrons. The highest BCUT2D eigenvalue weighted by molar-refractivity contribution is 5.23. The van der Waals surface area contributed by atoms with Crippen molar-refractivity contribution in [1.82, 2.24) is 0 Å². The van der Waals surface area contributed by atoms with Crippen LogP contribution in [0.15, 0.2) is 30.3 Å². The molecule has 0 N–H and O–H groups in total. The van der Waals surface area contributed by atoms with Gasteiger partial charge in [0.25, 0.3) is 0 Å². The summed E-state index contributed by atoms with van der Waals surface area (Å²) in [6.45, 7) is 0. The maximum atomic E-state index is 5.63. The average Bonchev–Trinajstić information content (AvgIpc) is 2.99. The van der Waals surface area contributed by atoms with Crippen LogP contribution in [0.4, 0.5) is 0 Å². The highest BCUT2D eigenvalue weighted by Crippen LogP contribution is 2.51. The fourth-order valence-corrected chi connectivity index (χ4v) is 1.82. The Hall–Kier alpha value is -0.820. The summed E-state index contributed by atoms with van der Waals surface area (Å²) in [7, 11) is 0. The van der Waals surface area contributed by atoms with Crippen LogP contribution < -0.4 is 0 Å². The zero-order valence-corrected chi connectivity index (χ0v) is 6.94. The lowest BCUT2D eigenvalue weighted by Crippen LogP contribution is -1.89. The first-order valence-electron chi connectivity index (χ1n) is 4.65. The van der Waals surface area contributed by atoms with Crippen LogP contribution in [0.2, 0.25) is 0 Å². The minimum atomic E-state index is 0.429. The molecule has 1 aromatic rings. The van der Waals surface area contributed by atoms with Crippen LogP contribution in [-0.4, -0.2) is 6.10 Å². The van der Waals surface area contributed by atoms with Crippen LogP contribution >= 0.6 is 0 Å². The Labute approximate surface area is 72.4 Å². The molecule has 1 aromatic carbocycles. The Kier molecular flexibility index (Phi) is 1.30. The number of hydrogen-bond donors (Lipinski definition) is 0. The largest absolute Gasteiger partial charge is 0.364 e. The van der Waals surface area contributed by atoms with Crippen molar-refractivity contribution in [2.45, 2.75) is 25.0 Å². The summed E-state index contributed by atoms with van der Waals surface area (Å²) in [4.78, 5) is 0. The van der Waals surface area contributed by atoms with Gasteiger partial charge >= 0.3 is 0 Å². The number of hydrogen-bond acceptors (Lipinski definition) is 1. The van der Waals surface area contributed by atoms with Gasteiger partial charge in [0.05, 0.1) is 6.10 Å². The summed E-state index contributed by atoms with van der Waals surface area (Å²) >= 11 is 0. The molecule has 0 radical (unpaired) electrons. The lowest BCUT2D eigenvalue weighted by molar-refractivity contribution is 0.359. The minimum absolute atomic E-state index is 0.429. The second-order valence-electron chi connectivity index (χ2n) is 3.77. The number of ether oxygens (including phenoxy) is 1. The molecule has 1 aliphatic heterocycles. The van der Waals surface area contributed by atoms with E-state index in [2.05, 4.69) is 30.3 Å². The van der Waals surface area contributed by atoms with Crippen LogP contribution in [0.1, 0.15) is 24.5 Å². The van der Waals surface area contributed by atoms with Crippen LogP contribution in [0.5, 0.6) is 0 Å². The molecule has 3 rings (SSSR count). The Bertz CT molecular complexity index is 276. The second-order valence-corrected chi connectivity index (χ2v) is 3.77. The first kappa shape index (κ1) is 6.67. The SMILES string of the molecule is c1ccc(C2OC2C2CC2)cc1. The van der Waals surface area contributed by atoms with Gasteiger partial charge in [0.15, 0.2) is 0 Å². The van der Waals surface area contributed by atoms with Gasteiger partial charge in [0, 0.05) is 0 Å². The third kappa shape index (κ3) is 1.05. The van der Waals surface area contributed by atoms with E-state index in [-0.39, 0.29) is 0 Å². The molecule has 0 bridgehead atoms. The van der Waals surface area contributed by atoms with E-state index in [9.17, 15) is 0 Å². The quantitative estimate of drug-likeness (QED) is 0.606. The van der Waals surface area contributed by atoms with Gasteiger partial charge in [-0.2, -0.15) is 0 Å². The summed E-state index contributed by atoms with van der Waals surface area (Å²) in [6, 6.07) is 10.5. The van der Waals surface area contributed by atoms with E-state index < -0.39 is 0 Å². The van der Waals surface area contributed by atoms with Crippen molar-refractivity contribution in [2.75, 3.05) is 0 Å². The fraction of sp³-hybridized carbons (Fsp3) is 0.455. The van der Waals surface area contributed by atoms with Gasteiger partial charge in [-0.1, -0.05) is 30.3 Å². The predicted octanol–water partition coefficient (Wildman–Crippen LogP) is 2.54. The first-order chi connectivity index (χ1) is 5.95. The standard InChI is InChI=1S/C11H12O/c1-2-4-8(5-3-1)10-11(12-10)9-6-7-9/h1-5,9-11H,6-7H2. The normalized spacial score (nSPS) is 33.3. The molecule has 0 aromatic heterocycles. The van der Waals surface area contributed by atoms with Crippen molar-refractivity contribution in [3.8, 4) is 0 Å². The van der Waals surface area contributed by atoms with E-state index in [0.717, 1.165) is 5.92 Å². The summed E-state index contributed by atoms with van der Waals surface area (Å²) in [5, 5.41) is 0. The maximum Gasteiger partial charge on any atom is 0.109 e. The Morgan fingerprint density at radius 2 is 1.83 bits per heavy atom. The van der Waals surface area contributed by atoms with E-state index in [0.29, 0.717) is 12.2 Å². The zero-order chi connectivity index (χ0) is 7.97. The van der Waals surface area contributed by atoms with Crippen molar-refractivity contribution in [1.29, 1.82) is 0 Å². The van der Waals surface area contributed by atoms with Crippen molar-refractivity contribution in [3.05, 3.63) is 35.9 Å². The molecule has 1 nitrogen and oxygen atoms in total. The first-order valence-corrected chi connectivity index (χ1v) is 4.65. The van der Waals surface area contributed by atoms with Crippen molar-refractivity contribution in [3.63, 3.8) is 0 Å². The van der Waals surface area contributed by atoms with E-state index in [1.165, 1.54) is 18.4 Å². The molecule has 1 aliphatic carbocycles. The Balaban J connectivity index is 1.76. The van der Waals surface area contributed by atoms with Crippen molar-refractivity contribution < 1.29 is 4.74 Å². The zero-order valence-electron chi connectivity index (χ0n) is 6.94. The molecular formula is C11H12O. The van der Waals surface area contributed by atoms with Gasteiger partial charge in [-0.15, -0.1) is 0 Å². The molecule has 1 heterocycles. The molecule has 1 saturated heterocycles. The molecular weight excluding hydrogens is 148 g/mol. The van der Waals surface area contributed by atoms with Crippen molar-refractivity contribution >= 4 is 0 Å². The van der Waals surface area contributed by atoms with Gasteiger partial charge in [-0.3, -0.25) is 0 Å². The highest BCUT2D eigenvalue weighted by atomic mass is 16.6. The van der Waals surface area contributed by atoms with Gasteiger partial charge in [-0.25, -0.2) is 0 Å². The van der Waals surface area contributed by atoms with E-state index in [1.807, 2.05) is 0 Å². The summed E-state index contributed by atoms with van der Waals surface area (Å²) in [5.74, 6) is 0.884. The van der Waals surface area contributed by atoms with Gasteiger partial charge < -0.3 is 4.74 Å². The summed E-state index contributed by atoms with van der Waals surface area (Å²) in [6.07, 6.45) is 3.76. The molecule has 1 heteroatoms. The Morgan fingerprint density at radius 3 is 2.50 bits per heavy atom. The number of rotatable bonds is 2. The smallest absolute Gasteiger partial charge is 0.109 e. The molecule has 2 atom stereocenters. The topological polar surface area (TPSA) is 12.5 Å². The van der Waals surface area contributed by atoms with Gasteiger partial charge in [0.1, 0.15) is 6.10 Å². The van der Waals surface area contributed by atoms with Crippen LogP contribution in [0.3, 0.4) is 0 Å². The summed E-state index contributed by atoms with van der Waals surface area (Å²) in [5.41, 5.74) is 1.36. The number of epoxide rings is 1. The monoisotopic (exact) mass is 160 g/mol. The molecule has 0 amide bonds. The van der Waals surface area contributed by atoms with Crippen LogP contribution in [-0.2, 0) is 4.74 Å². The molecule has 2 aliphatic rings. The van der Waals surface area contributed by atoms with Crippen molar-refractivity contribution in [2.24, 2.45) is 5.92 Å². The average molecular weight is 160 g/mol. The highest BCUT2D eigenvalue weighted by Gasteiger charge is 2.49. The van der Waals surface area contributed by atoms with E-state index in [1.54, 1.807) is 0 Å². The minimum Gasteiger partial charge on any atom is -0.364 e. The van der Waals surface area contributed by atoms with Gasteiger partial charge in [-0.05, 0) is 24.3 Å². The predicted molar refractivity (Wildman–Crippen MR) is 46.8 cm³/mol.